The molecule has 6 heteroatoms. The third-order valence-corrected chi connectivity index (χ3v) is 7.34. The van der Waals surface area contributed by atoms with Gasteiger partial charge in [0.2, 0.25) is 5.91 Å². The van der Waals surface area contributed by atoms with E-state index in [1.54, 1.807) is 18.3 Å². The summed E-state index contributed by atoms with van der Waals surface area (Å²) in [4.78, 5) is 28.1. The number of aromatic nitrogens is 3. The number of fused-ring (bicyclic) bond motifs is 2. The topological polar surface area (TPSA) is 61.9 Å². The number of nitrogens with zero attached hydrogens (tertiary/aromatic N) is 3. The van der Waals surface area contributed by atoms with Crippen molar-refractivity contribution in [2.45, 2.75) is 53.5 Å². The van der Waals surface area contributed by atoms with Gasteiger partial charge in [-0.3, -0.25) is 9.78 Å². The Morgan fingerprint density at radius 2 is 1.84 bits per heavy atom. The zero-order valence-electron chi connectivity index (χ0n) is 19.2. The van der Waals surface area contributed by atoms with Crippen LogP contribution in [0.15, 0.2) is 30.3 Å². The van der Waals surface area contributed by atoms with Crippen molar-refractivity contribution in [1.82, 2.24) is 19.9 Å². The summed E-state index contributed by atoms with van der Waals surface area (Å²) in [5.74, 6) is 0.506. The van der Waals surface area contributed by atoms with Crippen molar-refractivity contribution in [3.8, 4) is 21.8 Å². The highest BCUT2D eigenvalue weighted by atomic mass is 32.1. The number of benzene rings is 1. The number of carbonyl (C=O) groups is 1. The molecular formula is C26H28N4OS. The number of hydrogen-bond donors (Lipinski definition) is 1. The van der Waals surface area contributed by atoms with E-state index in [9.17, 15) is 4.79 Å². The van der Waals surface area contributed by atoms with E-state index in [0.29, 0.717) is 12.5 Å². The summed E-state index contributed by atoms with van der Waals surface area (Å²) in [6.45, 7) is 11.7. The minimum atomic E-state index is 0.134. The summed E-state index contributed by atoms with van der Waals surface area (Å²) in [6.07, 6.45) is 0.833. The van der Waals surface area contributed by atoms with Crippen LogP contribution in [-0.2, 0) is 17.8 Å². The fourth-order valence-corrected chi connectivity index (χ4v) is 5.86. The molecule has 0 atom stereocenters. The van der Waals surface area contributed by atoms with Gasteiger partial charge in [0.15, 0.2) is 0 Å². The molecule has 32 heavy (non-hydrogen) atoms. The molecule has 0 bridgehead atoms. The molecule has 5 rings (SSSR count). The molecule has 5 nitrogen and oxygen atoms in total. The number of thiazole rings is 1. The molecule has 1 aromatic carbocycles. The summed E-state index contributed by atoms with van der Waals surface area (Å²) in [6, 6.07) is 10.9. The quantitative estimate of drug-likeness (QED) is 0.422. The lowest BCUT2D eigenvalue weighted by Gasteiger charge is -2.24. The van der Waals surface area contributed by atoms with E-state index >= 15 is 0 Å². The van der Waals surface area contributed by atoms with Crippen molar-refractivity contribution in [2.75, 3.05) is 6.54 Å². The molecule has 4 aromatic rings. The fraction of sp³-hybridized carbons (Fsp3) is 0.346. The highest BCUT2D eigenvalue weighted by Crippen LogP contribution is 2.39. The van der Waals surface area contributed by atoms with E-state index in [0.717, 1.165) is 46.1 Å². The van der Waals surface area contributed by atoms with Gasteiger partial charge in [-0.1, -0.05) is 13.8 Å². The van der Waals surface area contributed by atoms with E-state index in [1.807, 2.05) is 18.7 Å². The number of hydrogen-bond acceptors (Lipinski definition) is 4. The maximum Gasteiger partial charge on any atom is 0.219 e. The van der Waals surface area contributed by atoms with Gasteiger partial charge < -0.3 is 9.88 Å². The number of rotatable bonds is 3. The van der Waals surface area contributed by atoms with Crippen molar-refractivity contribution in [2.24, 2.45) is 0 Å². The van der Waals surface area contributed by atoms with Gasteiger partial charge in [0.25, 0.3) is 0 Å². The van der Waals surface area contributed by atoms with Crippen LogP contribution in [0.3, 0.4) is 0 Å². The zero-order chi connectivity index (χ0) is 22.6. The number of aryl methyl sites for hydroxylation is 2. The van der Waals surface area contributed by atoms with Gasteiger partial charge in [-0.2, -0.15) is 0 Å². The van der Waals surface area contributed by atoms with E-state index in [2.05, 4.69) is 54.1 Å². The van der Waals surface area contributed by atoms with Gasteiger partial charge in [0, 0.05) is 58.2 Å². The van der Waals surface area contributed by atoms with Crippen LogP contribution in [0, 0.1) is 13.8 Å². The molecule has 1 aliphatic heterocycles. The maximum atomic E-state index is 11.8. The predicted octanol–water partition coefficient (Wildman–Crippen LogP) is 6.00. The van der Waals surface area contributed by atoms with Gasteiger partial charge >= 0.3 is 0 Å². The Bertz CT molecular complexity index is 1330. The van der Waals surface area contributed by atoms with Crippen LogP contribution in [0.5, 0.6) is 0 Å². The third kappa shape index (κ3) is 3.62. The monoisotopic (exact) mass is 444 g/mol. The van der Waals surface area contributed by atoms with Crippen molar-refractivity contribution in [3.63, 3.8) is 0 Å². The maximum absolute atomic E-state index is 11.8. The smallest absolute Gasteiger partial charge is 0.219 e. The standard InChI is InChI=1S/C26H28N4OS/c1-14(2)24-20-12-18(26-29-22-8-9-30(17(5)31)13-23(22)32-26)6-7-21(20)28-25(24)19-10-15(3)27-16(4)11-19/h6-7,10-12,14,28H,8-9,13H2,1-5H3. The average molecular weight is 445 g/mol. The lowest BCUT2D eigenvalue weighted by Crippen LogP contribution is -2.33. The van der Waals surface area contributed by atoms with E-state index in [-0.39, 0.29) is 5.91 Å². The van der Waals surface area contributed by atoms with Crippen LogP contribution >= 0.6 is 11.3 Å². The molecule has 3 aromatic heterocycles. The first kappa shape index (κ1) is 20.9. The summed E-state index contributed by atoms with van der Waals surface area (Å²) in [7, 11) is 0. The van der Waals surface area contributed by atoms with Crippen molar-refractivity contribution >= 4 is 28.1 Å². The Labute approximate surface area is 192 Å². The van der Waals surface area contributed by atoms with Gasteiger partial charge in [-0.15, -0.1) is 11.3 Å². The molecule has 0 spiro atoms. The van der Waals surface area contributed by atoms with Crippen LogP contribution in [0.4, 0.5) is 0 Å². The molecule has 0 saturated carbocycles. The van der Waals surface area contributed by atoms with Crippen LogP contribution in [0.2, 0.25) is 0 Å². The second-order valence-electron chi connectivity index (χ2n) is 9.05. The minimum absolute atomic E-state index is 0.134. The summed E-state index contributed by atoms with van der Waals surface area (Å²) >= 11 is 1.72. The minimum Gasteiger partial charge on any atom is -0.354 e. The third-order valence-electron chi connectivity index (χ3n) is 6.21. The molecule has 164 valence electrons. The molecule has 0 radical (unpaired) electrons. The molecule has 0 aliphatic carbocycles. The zero-order valence-corrected chi connectivity index (χ0v) is 20.1. The number of nitrogens with one attached hydrogen (secondary N) is 1. The van der Waals surface area contributed by atoms with Gasteiger partial charge in [0.05, 0.1) is 17.9 Å². The Hall–Kier alpha value is -2.99. The van der Waals surface area contributed by atoms with Crippen molar-refractivity contribution in [3.05, 3.63) is 57.9 Å². The van der Waals surface area contributed by atoms with E-state index < -0.39 is 0 Å². The summed E-state index contributed by atoms with van der Waals surface area (Å²) in [5.41, 5.74) is 9.18. The molecule has 1 aliphatic rings. The first-order valence-corrected chi connectivity index (χ1v) is 12.0. The summed E-state index contributed by atoms with van der Waals surface area (Å²) < 4.78 is 0. The largest absolute Gasteiger partial charge is 0.354 e. The molecular weight excluding hydrogens is 416 g/mol. The van der Waals surface area contributed by atoms with Gasteiger partial charge in [0.1, 0.15) is 5.01 Å². The van der Waals surface area contributed by atoms with Crippen molar-refractivity contribution < 1.29 is 4.79 Å². The second kappa shape index (κ2) is 7.85. The van der Waals surface area contributed by atoms with Crippen molar-refractivity contribution in [1.29, 1.82) is 0 Å². The number of pyridine rings is 1. The second-order valence-corrected chi connectivity index (χ2v) is 10.1. The number of aromatic amines is 1. The Balaban J connectivity index is 1.61. The Morgan fingerprint density at radius 3 is 2.53 bits per heavy atom. The Kier molecular flexibility index (Phi) is 5.13. The van der Waals surface area contributed by atoms with E-state index in [4.69, 9.17) is 4.98 Å². The lowest BCUT2D eigenvalue weighted by atomic mass is 9.95. The van der Waals surface area contributed by atoms with Gasteiger partial charge in [-0.05, 0) is 55.7 Å². The number of carbonyl (C=O) groups excluding carboxylic acids is 1. The normalized spacial score (nSPS) is 13.8. The van der Waals surface area contributed by atoms with Crippen LogP contribution in [-0.4, -0.2) is 32.3 Å². The number of H-pyrrole nitrogens is 1. The summed E-state index contributed by atoms with van der Waals surface area (Å²) in [5, 5.41) is 2.29. The lowest BCUT2D eigenvalue weighted by molar-refractivity contribution is -0.129. The fourth-order valence-electron chi connectivity index (χ4n) is 4.74. The highest BCUT2D eigenvalue weighted by Gasteiger charge is 2.23. The highest BCUT2D eigenvalue weighted by molar-refractivity contribution is 7.15. The Morgan fingerprint density at radius 1 is 1.09 bits per heavy atom. The van der Waals surface area contributed by atoms with Crippen LogP contribution < -0.4 is 0 Å². The van der Waals surface area contributed by atoms with Crippen LogP contribution in [0.25, 0.3) is 32.7 Å². The number of amides is 1. The molecule has 4 heterocycles. The first-order valence-electron chi connectivity index (χ1n) is 11.2. The van der Waals surface area contributed by atoms with Crippen LogP contribution in [0.1, 0.15) is 54.2 Å². The molecule has 1 amide bonds. The van der Waals surface area contributed by atoms with Gasteiger partial charge in [-0.25, -0.2) is 4.98 Å². The average Bonchev–Trinajstić information content (AvgIpc) is 3.33. The molecule has 1 N–H and O–H groups in total. The SMILES string of the molecule is CC(=O)N1CCc2nc(-c3ccc4[nH]c(-c5cc(C)nc(C)c5)c(C(C)C)c4c3)sc2C1. The van der Waals surface area contributed by atoms with E-state index in [1.165, 1.54) is 27.1 Å². The first-order chi connectivity index (χ1) is 15.3. The molecule has 0 fully saturated rings. The molecule has 0 saturated heterocycles. The molecule has 0 unspecified atom stereocenters. The predicted molar refractivity (Wildman–Crippen MR) is 131 cm³/mol.